The molecule has 0 atom stereocenters. The molecule has 1 aromatic rings. The molecule has 0 spiro atoms. The van der Waals surface area contributed by atoms with E-state index in [2.05, 4.69) is 0 Å². The van der Waals surface area contributed by atoms with Crippen LogP contribution in [0, 0.1) is 11.3 Å². The Morgan fingerprint density at radius 2 is 1.71 bits per heavy atom. The number of piperazine rings is 1. The third-order valence-electron chi connectivity index (χ3n) is 4.62. The van der Waals surface area contributed by atoms with E-state index in [1.165, 1.54) is 21.3 Å². The standard InChI is InChI=1S/C18H25N3O5S2/c1-2-3-6-13-27(23,24)15-18(22)20-9-11-21(12-10-20)28(25,26)17-8-5-4-7-16(17)14-19/h4-5,7-8H,2-3,6,9-13,15H2,1H3. The number of nitrogens with zero attached hydrogens (tertiary/aromatic N) is 3. The second-order valence-electron chi connectivity index (χ2n) is 6.69. The van der Waals surface area contributed by atoms with Crippen LogP contribution in [0.25, 0.3) is 0 Å². The molecule has 1 aromatic carbocycles. The molecular formula is C18H25N3O5S2. The summed E-state index contributed by atoms with van der Waals surface area (Å²) in [7, 11) is -7.30. The van der Waals surface area contributed by atoms with Crippen molar-refractivity contribution in [3.63, 3.8) is 0 Å². The largest absolute Gasteiger partial charge is 0.339 e. The summed E-state index contributed by atoms with van der Waals surface area (Å²) in [5.41, 5.74) is 0.0687. The molecule has 0 saturated carbocycles. The van der Waals surface area contributed by atoms with E-state index < -0.39 is 31.5 Å². The molecule has 28 heavy (non-hydrogen) atoms. The molecule has 0 unspecified atom stereocenters. The van der Waals surface area contributed by atoms with E-state index in [0.717, 1.165) is 12.8 Å². The summed E-state index contributed by atoms with van der Waals surface area (Å²) >= 11 is 0. The molecule has 1 amide bonds. The molecule has 0 aromatic heterocycles. The number of sulfonamides is 1. The number of carbonyl (C=O) groups is 1. The van der Waals surface area contributed by atoms with Crippen LogP contribution in [0.4, 0.5) is 0 Å². The van der Waals surface area contributed by atoms with Gasteiger partial charge in [-0.15, -0.1) is 0 Å². The van der Waals surface area contributed by atoms with Crippen LogP contribution in [-0.4, -0.2) is 69.6 Å². The van der Waals surface area contributed by atoms with Crippen LogP contribution >= 0.6 is 0 Å². The maximum Gasteiger partial charge on any atom is 0.244 e. The van der Waals surface area contributed by atoms with Crippen LogP contribution in [0.3, 0.4) is 0 Å². The van der Waals surface area contributed by atoms with Gasteiger partial charge in [0.2, 0.25) is 15.9 Å². The predicted molar refractivity (Wildman–Crippen MR) is 105 cm³/mol. The minimum atomic E-state index is -3.85. The Bertz CT molecular complexity index is 944. The SMILES string of the molecule is CCCCCS(=O)(=O)CC(=O)N1CCN(S(=O)(=O)c2ccccc2C#N)CC1. The van der Waals surface area contributed by atoms with E-state index >= 15 is 0 Å². The van der Waals surface area contributed by atoms with Gasteiger partial charge in [0.05, 0.1) is 16.2 Å². The molecule has 2 rings (SSSR count). The Kier molecular flexibility index (Phi) is 7.57. The Hall–Kier alpha value is -1.96. The van der Waals surface area contributed by atoms with Gasteiger partial charge in [0.25, 0.3) is 0 Å². The highest BCUT2D eigenvalue weighted by atomic mass is 32.2. The Morgan fingerprint density at radius 1 is 1.07 bits per heavy atom. The minimum absolute atomic E-state index is 0.00807. The van der Waals surface area contributed by atoms with Crippen molar-refractivity contribution in [2.75, 3.05) is 37.7 Å². The Morgan fingerprint density at radius 3 is 2.32 bits per heavy atom. The van der Waals surface area contributed by atoms with Crippen LogP contribution in [0.5, 0.6) is 0 Å². The van der Waals surface area contributed by atoms with Gasteiger partial charge < -0.3 is 4.90 Å². The van der Waals surface area contributed by atoms with Gasteiger partial charge >= 0.3 is 0 Å². The van der Waals surface area contributed by atoms with Crippen molar-refractivity contribution in [3.05, 3.63) is 29.8 Å². The van der Waals surface area contributed by atoms with Crippen molar-refractivity contribution in [1.29, 1.82) is 5.26 Å². The van der Waals surface area contributed by atoms with Gasteiger partial charge in [-0.05, 0) is 18.6 Å². The van der Waals surface area contributed by atoms with Gasteiger partial charge in [-0.1, -0.05) is 31.9 Å². The van der Waals surface area contributed by atoms with Crippen LogP contribution in [0.15, 0.2) is 29.2 Å². The fourth-order valence-electron chi connectivity index (χ4n) is 3.02. The van der Waals surface area contributed by atoms with Gasteiger partial charge in [-0.2, -0.15) is 9.57 Å². The molecule has 1 fully saturated rings. The summed E-state index contributed by atoms with van der Waals surface area (Å²) < 4.78 is 50.9. The van der Waals surface area contributed by atoms with Crippen molar-refractivity contribution >= 4 is 25.8 Å². The van der Waals surface area contributed by atoms with Crippen molar-refractivity contribution in [3.8, 4) is 6.07 Å². The van der Waals surface area contributed by atoms with E-state index in [-0.39, 0.29) is 42.4 Å². The molecule has 10 heteroatoms. The van der Waals surface area contributed by atoms with E-state index in [4.69, 9.17) is 5.26 Å². The number of carbonyl (C=O) groups excluding carboxylic acids is 1. The number of hydrogen-bond donors (Lipinski definition) is 0. The lowest BCUT2D eigenvalue weighted by molar-refractivity contribution is -0.129. The highest BCUT2D eigenvalue weighted by Crippen LogP contribution is 2.21. The quantitative estimate of drug-likeness (QED) is 0.572. The average Bonchev–Trinajstić information content (AvgIpc) is 2.67. The van der Waals surface area contributed by atoms with Crippen molar-refractivity contribution < 1.29 is 21.6 Å². The molecule has 154 valence electrons. The predicted octanol–water partition coefficient (Wildman–Crippen LogP) is 0.996. The van der Waals surface area contributed by atoms with Crippen LogP contribution < -0.4 is 0 Å². The van der Waals surface area contributed by atoms with E-state index in [1.807, 2.05) is 13.0 Å². The third-order valence-corrected chi connectivity index (χ3v) is 8.17. The summed E-state index contributed by atoms with van der Waals surface area (Å²) in [4.78, 5) is 13.6. The van der Waals surface area contributed by atoms with Crippen LogP contribution in [-0.2, 0) is 24.7 Å². The fraction of sp³-hybridized carbons (Fsp3) is 0.556. The topological polar surface area (TPSA) is 116 Å². The average molecular weight is 428 g/mol. The molecule has 0 bridgehead atoms. The van der Waals surface area contributed by atoms with Gasteiger partial charge in [-0.25, -0.2) is 16.8 Å². The second kappa shape index (κ2) is 9.49. The maximum absolute atomic E-state index is 12.8. The first-order valence-corrected chi connectivity index (χ1v) is 12.4. The monoisotopic (exact) mass is 427 g/mol. The number of hydrogen-bond acceptors (Lipinski definition) is 6. The zero-order valence-electron chi connectivity index (χ0n) is 15.9. The lowest BCUT2D eigenvalue weighted by Gasteiger charge is -2.34. The zero-order chi connectivity index (χ0) is 20.8. The van der Waals surface area contributed by atoms with Gasteiger partial charge in [0, 0.05) is 26.2 Å². The normalized spacial score (nSPS) is 15.9. The van der Waals surface area contributed by atoms with E-state index in [9.17, 15) is 21.6 Å². The van der Waals surface area contributed by atoms with Gasteiger partial charge in [-0.3, -0.25) is 4.79 Å². The van der Waals surface area contributed by atoms with E-state index in [1.54, 1.807) is 12.1 Å². The third kappa shape index (κ3) is 5.53. The van der Waals surface area contributed by atoms with Crippen LogP contribution in [0.2, 0.25) is 0 Å². The maximum atomic E-state index is 12.8. The van der Waals surface area contributed by atoms with Gasteiger partial charge in [0.15, 0.2) is 9.84 Å². The number of sulfone groups is 1. The molecule has 0 N–H and O–H groups in total. The lowest BCUT2D eigenvalue weighted by atomic mass is 10.2. The summed E-state index contributed by atoms with van der Waals surface area (Å²) in [6.45, 7) is 2.34. The molecular weight excluding hydrogens is 402 g/mol. The lowest BCUT2D eigenvalue weighted by Crippen LogP contribution is -2.51. The zero-order valence-corrected chi connectivity index (χ0v) is 17.5. The number of nitriles is 1. The first kappa shape index (κ1) is 22.3. The van der Waals surface area contributed by atoms with Crippen molar-refractivity contribution in [1.82, 2.24) is 9.21 Å². The van der Waals surface area contributed by atoms with Crippen LogP contribution in [0.1, 0.15) is 31.7 Å². The summed E-state index contributed by atoms with van der Waals surface area (Å²) in [5, 5.41) is 9.14. The number of unbranched alkanes of at least 4 members (excludes halogenated alkanes) is 2. The highest BCUT2D eigenvalue weighted by Gasteiger charge is 2.32. The highest BCUT2D eigenvalue weighted by molar-refractivity contribution is 7.92. The summed E-state index contributed by atoms with van der Waals surface area (Å²) in [6.07, 6.45) is 2.24. The van der Waals surface area contributed by atoms with Gasteiger partial charge in [0.1, 0.15) is 11.8 Å². The molecule has 0 radical (unpaired) electrons. The first-order valence-electron chi connectivity index (χ1n) is 9.18. The Balaban J connectivity index is 1.99. The van der Waals surface area contributed by atoms with E-state index in [0.29, 0.717) is 6.42 Å². The summed E-state index contributed by atoms with van der Waals surface area (Å²) in [5.74, 6) is -1.04. The minimum Gasteiger partial charge on any atom is -0.339 e. The molecule has 1 saturated heterocycles. The summed E-state index contributed by atoms with van der Waals surface area (Å²) in [6, 6.07) is 7.85. The molecule has 8 nitrogen and oxygen atoms in total. The second-order valence-corrected chi connectivity index (χ2v) is 10.8. The van der Waals surface area contributed by atoms with Crippen molar-refractivity contribution in [2.24, 2.45) is 0 Å². The number of amides is 1. The Labute approximate surface area is 166 Å². The molecule has 1 heterocycles. The molecule has 1 aliphatic heterocycles. The smallest absolute Gasteiger partial charge is 0.244 e. The molecule has 1 aliphatic rings. The number of benzene rings is 1. The fourth-order valence-corrected chi connectivity index (χ4v) is 5.94. The van der Waals surface area contributed by atoms with Crippen molar-refractivity contribution in [2.45, 2.75) is 31.1 Å². The number of rotatable bonds is 8. The first-order chi connectivity index (χ1) is 13.2. The molecule has 0 aliphatic carbocycles.